The van der Waals surface area contributed by atoms with Gasteiger partial charge in [0.2, 0.25) is 0 Å². The van der Waals surface area contributed by atoms with E-state index in [-0.39, 0.29) is 0 Å². The van der Waals surface area contributed by atoms with Crippen molar-refractivity contribution in [3.05, 3.63) is 0 Å². The second-order valence-corrected chi connectivity index (χ2v) is 6.76. The summed E-state index contributed by atoms with van der Waals surface area (Å²) in [7, 11) is 0. The van der Waals surface area contributed by atoms with Gasteiger partial charge < -0.3 is 4.74 Å². The van der Waals surface area contributed by atoms with Gasteiger partial charge in [-0.15, -0.1) is 0 Å². The van der Waals surface area contributed by atoms with Crippen LogP contribution >= 0.6 is 0 Å². The molecule has 2 fully saturated rings. The third kappa shape index (κ3) is 4.44. The average molecular weight is 282 g/mol. The summed E-state index contributed by atoms with van der Waals surface area (Å²) in [6.45, 7) is 2.93. The number of rotatable bonds is 6. The van der Waals surface area contributed by atoms with E-state index in [0.717, 1.165) is 6.61 Å². The SMILES string of the molecule is CCOC(C1CCCCC1)C(NN)C1CCCCCC1. The summed E-state index contributed by atoms with van der Waals surface area (Å²) in [5.74, 6) is 7.39. The predicted molar refractivity (Wildman–Crippen MR) is 84.3 cm³/mol. The Morgan fingerprint density at radius 3 is 1.90 bits per heavy atom. The molecule has 20 heavy (non-hydrogen) atoms. The molecule has 0 spiro atoms. The number of nitrogens with one attached hydrogen (secondary N) is 1. The Kier molecular flexibility index (Phi) is 7.32. The summed E-state index contributed by atoms with van der Waals surface area (Å²) in [5.41, 5.74) is 3.16. The van der Waals surface area contributed by atoms with Crippen LogP contribution in [-0.2, 0) is 4.74 Å². The highest BCUT2D eigenvalue weighted by molar-refractivity contribution is 4.89. The molecule has 2 rings (SSSR count). The van der Waals surface area contributed by atoms with Gasteiger partial charge in [-0.2, -0.15) is 0 Å². The number of hydrogen-bond donors (Lipinski definition) is 2. The van der Waals surface area contributed by atoms with E-state index >= 15 is 0 Å². The van der Waals surface area contributed by atoms with Crippen LogP contribution in [0, 0.1) is 11.8 Å². The van der Waals surface area contributed by atoms with Crippen molar-refractivity contribution in [2.24, 2.45) is 17.7 Å². The number of ether oxygens (including phenoxy) is 1. The maximum absolute atomic E-state index is 6.19. The minimum atomic E-state index is 0.327. The van der Waals surface area contributed by atoms with Crippen molar-refractivity contribution in [1.82, 2.24) is 5.43 Å². The molecule has 2 aliphatic carbocycles. The van der Waals surface area contributed by atoms with Gasteiger partial charge in [0.25, 0.3) is 0 Å². The molecular formula is C17H34N2O. The molecule has 0 heterocycles. The lowest BCUT2D eigenvalue weighted by atomic mass is 9.77. The zero-order chi connectivity index (χ0) is 14.2. The van der Waals surface area contributed by atoms with E-state index in [4.69, 9.17) is 10.6 Å². The second kappa shape index (κ2) is 9.01. The van der Waals surface area contributed by atoms with Gasteiger partial charge in [-0.25, -0.2) is 0 Å². The van der Waals surface area contributed by atoms with Crippen LogP contribution in [0.15, 0.2) is 0 Å². The van der Waals surface area contributed by atoms with Gasteiger partial charge in [-0.3, -0.25) is 11.3 Å². The van der Waals surface area contributed by atoms with Crippen molar-refractivity contribution in [3.8, 4) is 0 Å². The van der Waals surface area contributed by atoms with Gasteiger partial charge >= 0.3 is 0 Å². The molecule has 0 aromatic carbocycles. The lowest BCUT2D eigenvalue weighted by Gasteiger charge is -2.39. The zero-order valence-corrected chi connectivity index (χ0v) is 13.3. The summed E-state index contributed by atoms with van der Waals surface area (Å²) in [5, 5.41) is 0. The van der Waals surface area contributed by atoms with Crippen LogP contribution in [0.5, 0.6) is 0 Å². The molecule has 3 heteroatoms. The van der Waals surface area contributed by atoms with Gasteiger partial charge in [0.1, 0.15) is 0 Å². The van der Waals surface area contributed by atoms with Gasteiger partial charge in [0, 0.05) is 6.61 Å². The first-order chi connectivity index (χ1) is 9.86. The summed E-state index contributed by atoms with van der Waals surface area (Å²) >= 11 is 0. The summed E-state index contributed by atoms with van der Waals surface area (Å²) < 4.78 is 6.19. The van der Waals surface area contributed by atoms with Crippen LogP contribution in [-0.4, -0.2) is 18.8 Å². The Hall–Kier alpha value is -0.120. The molecule has 0 aromatic rings. The maximum Gasteiger partial charge on any atom is 0.0772 e. The molecule has 0 bridgehead atoms. The van der Waals surface area contributed by atoms with E-state index in [0.29, 0.717) is 24.0 Å². The highest BCUT2D eigenvalue weighted by Gasteiger charge is 2.35. The fourth-order valence-electron chi connectivity index (χ4n) is 4.36. The molecule has 0 saturated heterocycles. The summed E-state index contributed by atoms with van der Waals surface area (Å²) in [6.07, 6.45) is 15.3. The van der Waals surface area contributed by atoms with E-state index in [9.17, 15) is 0 Å². The highest BCUT2D eigenvalue weighted by Crippen LogP contribution is 2.34. The molecule has 118 valence electrons. The van der Waals surface area contributed by atoms with Crippen LogP contribution < -0.4 is 11.3 Å². The molecule has 2 atom stereocenters. The minimum absolute atomic E-state index is 0.327. The molecule has 0 aromatic heterocycles. The molecule has 0 radical (unpaired) electrons. The largest absolute Gasteiger partial charge is 0.377 e. The average Bonchev–Trinajstić information content (AvgIpc) is 2.77. The standard InChI is InChI=1S/C17H34N2O/c1-2-20-17(15-12-8-5-9-13-15)16(19-18)14-10-6-3-4-7-11-14/h14-17,19H,2-13,18H2,1H3. The Bertz CT molecular complexity index is 245. The van der Waals surface area contributed by atoms with Crippen LogP contribution in [0.4, 0.5) is 0 Å². The normalized spacial score (nSPS) is 26.1. The van der Waals surface area contributed by atoms with Crippen molar-refractivity contribution in [2.75, 3.05) is 6.61 Å². The first-order valence-corrected chi connectivity index (χ1v) is 8.94. The van der Waals surface area contributed by atoms with Crippen molar-refractivity contribution < 1.29 is 4.74 Å². The number of hydrazine groups is 1. The second-order valence-electron chi connectivity index (χ2n) is 6.76. The first-order valence-electron chi connectivity index (χ1n) is 8.94. The fourth-order valence-corrected chi connectivity index (χ4v) is 4.36. The van der Waals surface area contributed by atoms with E-state index < -0.39 is 0 Å². The minimum Gasteiger partial charge on any atom is -0.377 e. The van der Waals surface area contributed by atoms with Gasteiger partial charge in [0.05, 0.1) is 12.1 Å². The molecule has 3 nitrogen and oxygen atoms in total. The molecule has 0 amide bonds. The molecule has 3 N–H and O–H groups in total. The Morgan fingerprint density at radius 2 is 1.40 bits per heavy atom. The van der Waals surface area contributed by atoms with Crippen molar-refractivity contribution >= 4 is 0 Å². The molecule has 2 aliphatic rings. The Labute approximate surface area is 125 Å². The van der Waals surface area contributed by atoms with Crippen LogP contribution in [0.25, 0.3) is 0 Å². The monoisotopic (exact) mass is 282 g/mol. The molecule has 2 unspecified atom stereocenters. The first kappa shape index (κ1) is 16.3. The topological polar surface area (TPSA) is 47.3 Å². The molecule has 2 saturated carbocycles. The third-order valence-electron chi connectivity index (χ3n) is 5.43. The van der Waals surface area contributed by atoms with E-state index in [1.165, 1.54) is 70.6 Å². The van der Waals surface area contributed by atoms with Crippen LogP contribution in [0.3, 0.4) is 0 Å². The highest BCUT2D eigenvalue weighted by atomic mass is 16.5. The van der Waals surface area contributed by atoms with Crippen molar-refractivity contribution in [1.29, 1.82) is 0 Å². The lowest BCUT2D eigenvalue weighted by Crippen LogP contribution is -2.53. The lowest BCUT2D eigenvalue weighted by molar-refractivity contribution is -0.0331. The van der Waals surface area contributed by atoms with Gasteiger partial charge in [0.15, 0.2) is 0 Å². The van der Waals surface area contributed by atoms with Crippen molar-refractivity contribution in [2.45, 2.75) is 89.7 Å². The maximum atomic E-state index is 6.19. The number of hydrogen-bond acceptors (Lipinski definition) is 3. The van der Waals surface area contributed by atoms with Crippen LogP contribution in [0.2, 0.25) is 0 Å². The van der Waals surface area contributed by atoms with Gasteiger partial charge in [-0.1, -0.05) is 44.9 Å². The third-order valence-corrected chi connectivity index (χ3v) is 5.43. The number of nitrogens with two attached hydrogens (primary N) is 1. The quantitative estimate of drug-likeness (QED) is 0.443. The van der Waals surface area contributed by atoms with Crippen LogP contribution in [0.1, 0.15) is 77.6 Å². The van der Waals surface area contributed by atoms with Gasteiger partial charge in [-0.05, 0) is 44.4 Å². The molecule has 0 aliphatic heterocycles. The zero-order valence-electron chi connectivity index (χ0n) is 13.3. The summed E-state index contributed by atoms with van der Waals surface area (Å²) in [6, 6.07) is 0.358. The summed E-state index contributed by atoms with van der Waals surface area (Å²) in [4.78, 5) is 0. The Balaban J connectivity index is 2.02. The fraction of sp³-hybridized carbons (Fsp3) is 1.00. The van der Waals surface area contributed by atoms with E-state index in [2.05, 4.69) is 12.3 Å². The smallest absolute Gasteiger partial charge is 0.0772 e. The van der Waals surface area contributed by atoms with E-state index in [1.54, 1.807) is 0 Å². The molecular weight excluding hydrogens is 248 g/mol. The Morgan fingerprint density at radius 1 is 0.900 bits per heavy atom. The predicted octanol–water partition coefficient (Wildman–Crippen LogP) is 3.77. The van der Waals surface area contributed by atoms with E-state index in [1.807, 2.05) is 0 Å². The van der Waals surface area contributed by atoms with Crippen molar-refractivity contribution in [3.63, 3.8) is 0 Å².